The summed E-state index contributed by atoms with van der Waals surface area (Å²) in [6.45, 7) is 3.55. The van der Waals surface area contributed by atoms with E-state index in [-0.39, 0.29) is 12.3 Å². The molecule has 0 fully saturated rings. The normalized spacial score (nSPS) is 13.0. The lowest BCUT2D eigenvalue weighted by atomic mass is 9.88. The molecule has 3 rings (SSSR count). The van der Waals surface area contributed by atoms with Crippen LogP contribution in [0.15, 0.2) is 72.8 Å². The smallest absolute Gasteiger partial charge is 0.305 e. The lowest BCUT2D eigenvalue weighted by Gasteiger charge is -2.20. The molecule has 7 heteroatoms. The summed E-state index contributed by atoms with van der Waals surface area (Å²) in [6.07, 6.45) is 0.584. The lowest BCUT2D eigenvalue weighted by Crippen LogP contribution is -2.19. The highest BCUT2D eigenvalue weighted by atomic mass is 19.1. The topological polar surface area (TPSA) is 96.2 Å². The Morgan fingerprint density at radius 1 is 0.973 bits per heavy atom. The SMILES string of the molecule is CC(C)c1ccc(OCc2ccccc2)c(-c2ccc(OCF)cc2)c1/C=C/C(O)CC(O)CC(=O)O. The van der Waals surface area contributed by atoms with Gasteiger partial charge in [0.25, 0.3) is 0 Å². The summed E-state index contributed by atoms with van der Waals surface area (Å²) < 4.78 is 23.9. The quantitative estimate of drug-likeness (QED) is 0.264. The Hall–Kier alpha value is -3.68. The first kappa shape index (κ1) is 27.9. The number of halogens is 1. The minimum Gasteiger partial charge on any atom is -0.488 e. The molecule has 0 saturated heterocycles. The van der Waals surface area contributed by atoms with E-state index in [1.54, 1.807) is 24.3 Å². The van der Waals surface area contributed by atoms with E-state index >= 15 is 0 Å². The van der Waals surface area contributed by atoms with Gasteiger partial charge in [0.15, 0.2) is 0 Å². The number of ether oxygens (including phenoxy) is 2. The second-order valence-corrected chi connectivity index (χ2v) is 9.06. The van der Waals surface area contributed by atoms with Gasteiger partial charge in [-0.2, -0.15) is 0 Å². The fourth-order valence-electron chi connectivity index (χ4n) is 4.08. The van der Waals surface area contributed by atoms with Crippen LogP contribution < -0.4 is 9.47 Å². The molecule has 0 aliphatic heterocycles. The third-order valence-electron chi connectivity index (χ3n) is 5.87. The average molecular weight is 509 g/mol. The first-order valence-electron chi connectivity index (χ1n) is 12.2. The van der Waals surface area contributed by atoms with Crippen LogP contribution in [0.5, 0.6) is 11.5 Å². The number of hydrogen-bond donors (Lipinski definition) is 3. The maximum atomic E-state index is 12.6. The fraction of sp³-hybridized carbons (Fsp3) is 0.300. The van der Waals surface area contributed by atoms with Crippen molar-refractivity contribution < 1.29 is 34.0 Å². The molecule has 0 amide bonds. The minimum absolute atomic E-state index is 0.103. The number of carbonyl (C=O) groups is 1. The minimum atomic E-state index is -1.16. The van der Waals surface area contributed by atoms with E-state index in [1.807, 2.05) is 54.6 Å². The zero-order valence-corrected chi connectivity index (χ0v) is 21.0. The van der Waals surface area contributed by atoms with Gasteiger partial charge in [-0.3, -0.25) is 4.79 Å². The maximum absolute atomic E-state index is 12.6. The maximum Gasteiger partial charge on any atom is 0.305 e. The van der Waals surface area contributed by atoms with Gasteiger partial charge in [-0.1, -0.05) is 74.5 Å². The van der Waals surface area contributed by atoms with Gasteiger partial charge in [-0.05, 0) is 46.4 Å². The van der Waals surface area contributed by atoms with E-state index < -0.39 is 31.5 Å². The van der Waals surface area contributed by atoms with Gasteiger partial charge in [0.05, 0.1) is 18.6 Å². The van der Waals surface area contributed by atoms with E-state index in [1.165, 1.54) is 0 Å². The highest BCUT2D eigenvalue weighted by Crippen LogP contribution is 2.40. The summed E-state index contributed by atoms with van der Waals surface area (Å²) in [5.74, 6) is 0.0485. The predicted molar refractivity (Wildman–Crippen MR) is 141 cm³/mol. The summed E-state index contributed by atoms with van der Waals surface area (Å²) in [5, 5.41) is 29.3. The molecule has 6 nitrogen and oxygen atoms in total. The van der Waals surface area contributed by atoms with Crippen LogP contribution in [0, 0.1) is 0 Å². The number of hydrogen-bond acceptors (Lipinski definition) is 5. The molecule has 0 bridgehead atoms. The Morgan fingerprint density at radius 3 is 2.30 bits per heavy atom. The van der Waals surface area contributed by atoms with Crippen molar-refractivity contribution in [2.45, 2.75) is 51.4 Å². The van der Waals surface area contributed by atoms with Crippen molar-refractivity contribution in [3.05, 3.63) is 89.5 Å². The van der Waals surface area contributed by atoms with Crippen molar-refractivity contribution in [1.29, 1.82) is 0 Å². The third-order valence-corrected chi connectivity index (χ3v) is 5.87. The van der Waals surface area contributed by atoms with Crippen LogP contribution in [-0.2, 0) is 11.4 Å². The average Bonchev–Trinajstić information content (AvgIpc) is 2.86. The van der Waals surface area contributed by atoms with E-state index in [0.29, 0.717) is 18.1 Å². The van der Waals surface area contributed by atoms with Crippen LogP contribution in [0.4, 0.5) is 4.39 Å². The Balaban J connectivity index is 2.04. The molecule has 196 valence electrons. The molecule has 0 heterocycles. The number of alkyl halides is 1. The number of carboxylic acid groups (broad SMARTS) is 1. The zero-order valence-electron chi connectivity index (χ0n) is 21.0. The Labute approximate surface area is 216 Å². The van der Waals surface area contributed by atoms with Gasteiger partial charge in [0.2, 0.25) is 6.86 Å². The molecule has 0 radical (unpaired) electrons. The van der Waals surface area contributed by atoms with E-state index in [4.69, 9.17) is 14.6 Å². The Morgan fingerprint density at radius 2 is 1.68 bits per heavy atom. The molecule has 3 aromatic rings. The number of aliphatic carboxylic acids is 1. The van der Waals surface area contributed by atoms with Gasteiger partial charge in [-0.25, -0.2) is 4.39 Å². The van der Waals surface area contributed by atoms with Gasteiger partial charge < -0.3 is 24.8 Å². The van der Waals surface area contributed by atoms with Crippen molar-refractivity contribution in [3.63, 3.8) is 0 Å². The molecule has 0 aliphatic rings. The van der Waals surface area contributed by atoms with Gasteiger partial charge in [0, 0.05) is 12.0 Å². The second kappa shape index (κ2) is 13.6. The fourth-order valence-corrected chi connectivity index (χ4v) is 4.08. The molecule has 0 saturated carbocycles. The Kier molecular flexibility index (Phi) is 10.2. The van der Waals surface area contributed by atoms with Gasteiger partial charge >= 0.3 is 5.97 Å². The molecule has 0 aliphatic carbocycles. The molecular formula is C30H33FO6. The standard InChI is InChI=1S/C30H33FO6/c1-20(2)26-14-15-28(36-18-21-6-4-3-5-7-21)30(22-8-11-25(12-9-22)37-19-31)27(26)13-10-23(32)16-24(33)17-29(34)35/h3-15,20,23-24,32-33H,16-19H2,1-2H3,(H,34,35)/b13-10+. The molecule has 0 aromatic heterocycles. The molecule has 2 unspecified atom stereocenters. The molecule has 0 spiro atoms. The van der Waals surface area contributed by atoms with Crippen molar-refractivity contribution in [1.82, 2.24) is 0 Å². The lowest BCUT2D eigenvalue weighted by molar-refractivity contribution is -0.139. The van der Waals surface area contributed by atoms with E-state index in [0.717, 1.165) is 27.8 Å². The van der Waals surface area contributed by atoms with Crippen LogP contribution in [0.2, 0.25) is 0 Å². The first-order valence-corrected chi connectivity index (χ1v) is 12.2. The highest BCUT2D eigenvalue weighted by molar-refractivity contribution is 5.83. The number of rotatable bonds is 13. The molecule has 37 heavy (non-hydrogen) atoms. The molecule has 3 aromatic carbocycles. The number of aliphatic hydroxyl groups is 2. The molecular weight excluding hydrogens is 475 g/mol. The zero-order chi connectivity index (χ0) is 26.8. The largest absolute Gasteiger partial charge is 0.488 e. The van der Waals surface area contributed by atoms with Crippen LogP contribution >= 0.6 is 0 Å². The second-order valence-electron chi connectivity index (χ2n) is 9.06. The van der Waals surface area contributed by atoms with Crippen LogP contribution in [0.1, 0.15) is 49.3 Å². The summed E-state index contributed by atoms with van der Waals surface area (Å²) in [6, 6.07) is 20.7. The first-order chi connectivity index (χ1) is 17.8. The van der Waals surface area contributed by atoms with Crippen LogP contribution in [0.25, 0.3) is 17.2 Å². The summed E-state index contributed by atoms with van der Waals surface area (Å²) in [5.41, 5.74) is 4.46. The van der Waals surface area contributed by atoms with Crippen molar-refractivity contribution in [2.75, 3.05) is 6.86 Å². The number of benzene rings is 3. The van der Waals surface area contributed by atoms with E-state index in [2.05, 4.69) is 13.8 Å². The van der Waals surface area contributed by atoms with Crippen molar-refractivity contribution in [2.24, 2.45) is 0 Å². The number of carboxylic acids is 1. The van der Waals surface area contributed by atoms with Gasteiger partial charge in [-0.15, -0.1) is 0 Å². The monoisotopic (exact) mass is 508 g/mol. The van der Waals surface area contributed by atoms with Crippen molar-refractivity contribution in [3.8, 4) is 22.6 Å². The third kappa shape index (κ3) is 8.17. The number of aliphatic hydroxyl groups excluding tert-OH is 2. The van der Waals surface area contributed by atoms with Crippen molar-refractivity contribution >= 4 is 12.0 Å². The summed E-state index contributed by atoms with van der Waals surface area (Å²) in [4.78, 5) is 10.9. The highest BCUT2D eigenvalue weighted by Gasteiger charge is 2.18. The van der Waals surface area contributed by atoms with Crippen LogP contribution in [-0.4, -0.2) is 40.4 Å². The van der Waals surface area contributed by atoms with E-state index in [9.17, 15) is 19.4 Å². The summed E-state index contributed by atoms with van der Waals surface area (Å²) >= 11 is 0. The summed E-state index contributed by atoms with van der Waals surface area (Å²) in [7, 11) is 0. The molecule has 3 N–H and O–H groups in total. The van der Waals surface area contributed by atoms with Gasteiger partial charge in [0.1, 0.15) is 18.1 Å². The Bertz CT molecular complexity index is 1170. The van der Waals surface area contributed by atoms with Crippen LogP contribution in [0.3, 0.4) is 0 Å². The molecule has 2 atom stereocenters. The predicted octanol–water partition coefficient (Wildman–Crippen LogP) is 5.96.